The Hall–Kier alpha value is -0.650. The summed E-state index contributed by atoms with van der Waals surface area (Å²) in [6.45, 7) is 6.86. The first-order valence-electron chi connectivity index (χ1n) is 6.94. The van der Waals surface area contributed by atoms with Gasteiger partial charge in [-0.05, 0) is 25.3 Å². The number of hydrogen-bond donors (Lipinski definition) is 1. The highest BCUT2D eigenvalue weighted by atomic mass is 35.5. The van der Waals surface area contributed by atoms with Crippen LogP contribution in [0.3, 0.4) is 0 Å². The molecule has 1 unspecified atom stereocenters. The largest absolute Gasteiger partial charge is 0.338 e. The minimum atomic E-state index is 0. The van der Waals surface area contributed by atoms with Crippen molar-refractivity contribution >= 4 is 12.4 Å². The summed E-state index contributed by atoms with van der Waals surface area (Å²) in [5.41, 5.74) is 5.81. The van der Waals surface area contributed by atoms with Crippen LogP contribution in [-0.2, 0) is 13.0 Å². The van der Waals surface area contributed by atoms with Gasteiger partial charge in [-0.1, -0.05) is 25.4 Å². The minimum Gasteiger partial charge on any atom is -0.338 e. The van der Waals surface area contributed by atoms with Crippen molar-refractivity contribution in [2.45, 2.75) is 52.1 Å². The molecule has 1 aliphatic heterocycles. The Morgan fingerprint density at radius 2 is 2.21 bits per heavy atom. The molecule has 2 rings (SSSR count). The van der Waals surface area contributed by atoms with Gasteiger partial charge in [0.15, 0.2) is 5.82 Å². The molecule has 110 valence electrons. The lowest BCUT2D eigenvalue weighted by atomic mass is 10.0. The molecule has 0 spiro atoms. The molecule has 1 fully saturated rings. The van der Waals surface area contributed by atoms with Gasteiger partial charge < -0.3 is 10.3 Å². The third-order valence-corrected chi connectivity index (χ3v) is 3.46. The number of hydrogen-bond acceptors (Lipinski definition) is 5. The summed E-state index contributed by atoms with van der Waals surface area (Å²) in [6.07, 6.45) is 4.58. The van der Waals surface area contributed by atoms with E-state index < -0.39 is 0 Å². The summed E-state index contributed by atoms with van der Waals surface area (Å²) < 4.78 is 5.32. The van der Waals surface area contributed by atoms with Crippen molar-refractivity contribution in [2.24, 2.45) is 11.7 Å². The van der Waals surface area contributed by atoms with Crippen LogP contribution < -0.4 is 5.73 Å². The summed E-state index contributed by atoms with van der Waals surface area (Å²) in [5, 5.41) is 4.03. The molecule has 0 radical (unpaired) electrons. The van der Waals surface area contributed by atoms with Crippen molar-refractivity contribution in [1.82, 2.24) is 15.0 Å². The Labute approximate surface area is 121 Å². The van der Waals surface area contributed by atoms with Crippen LogP contribution in [0.15, 0.2) is 4.52 Å². The minimum absolute atomic E-state index is 0. The zero-order chi connectivity index (χ0) is 13.0. The average molecular weight is 289 g/mol. The maximum Gasteiger partial charge on any atom is 0.240 e. The van der Waals surface area contributed by atoms with E-state index in [1.165, 1.54) is 19.3 Å². The molecule has 2 N–H and O–H groups in total. The van der Waals surface area contributed by atoms with E-state index in [1.54, 1.807) is 0 Å². The molecule has 0 amide bonds. The summed E-state index contributed by atoms with van der Waals surface area (Å²) in [7, 11) is 0. The van der Waals surface area contributed by atoms with Crippen molar-refractivity contribution in [2.75, 3.05) is 13.1 Å². The maximum atomic E-state index is 5.81. The second-order valence-corrected chi connectivity index (χ2v) is 5.56. The highest BCUT2D eigenvalue weighted by molar-refractivity contribution is 5.85. The van der Waals surface area contributed by atoms with Gasteiger partial charge >= 0.3 is 0 Å². The van der Waals surface area contributed by atoms with E-state index in [9.17, 15) is 0 Å². The lowest BCUT2D eigenvalue weighted by Gasteiger charge is -2.33. The van der Waals surface area contributed by atoms with Crippen LogP contribution in [0, 0.1) is 5.92 Å². The Bertz CT molecular complexity index is 369. The Morgan fingerprint density at radius 3 is 2.89 bits per heavy atom. The Balaban J connectivity index is 0.00000180. The molecular weight excluding hydrogens is 264 g/mol. The monoisotopic (exact) mass is 288 g/mol. The molecule has 2 heterocycles. The lowest BCUT2D eigenvalue weighted by molar-refractivity contribution is 0.128. The Morgan fingerprint density at radius 1 is 1.42 bits per heavy atom. The van der Waals surface area contributed by atoms with Crippen LogP contribution in [0.25, 0.3) is 0 Å². The Kier molecular flexibility index (Phi) is 6.75. The number of likely N-dealkylation sites (tertiary alicyclic amines) is 1. The quantitative estimate of drug-likeness (QED) is 0.897. The molecule has 6 heteroatoms. The van der Waals surface area contributed by atoms with Crippen molar-refractivity contribution in [3.8, 4) is 0 Å². The fraction of sp³-hybridized carbons (Fsp3) is 0.846. The summed E-state index contributed by atoms with van der Waals surface area (Å²) in [6, 6.07) is 0.471. The van der Waals surface area contributed by atoms with Crippen LogP contribution in [-0.4, -0.2) is 34.2 Å². The van der Waals surface area contributed by atoms with E-state index in [2.05, 4.69) is 28.9 Å². The lowest BCUT2D eigenvalue weighted by Crippen LogP contribution is -2.43. The highest BCUT2D eigenvalue weighted by Crippen LogP contribution is 2.18. The van der Waals surface area contributed by atoms with E-state index in [0.29, 0.717) is 18.5 Å². The van der Waals surface area contributed by atoms with Crippen molar-refractivity contribution in [3.63, 3.8) is 0 Å². The van der Waals surface area contributed by atoms with Gasteiger partial charge in [0, 0.05) is 19.0 Å². The maximum absolute atomic E-state index is 5.81. The molecule has 5 nitrogen and oxygen atoms in total. The van der Waals surface area contributed by atoms with Gasteiger partial charge in [-0.25, -0.2) is 0 Å². The molecule has 19 heavy (non-hydrogen) atoms. The zero-order valence-corrected chi connectivity index (χ0v) is 12.7. The second-order valence-electron chi connectivity index (χ2n) is 5.56. The topological polar surface area (TPSA) is 68.2 Å². The fourth-order valence-corrected chi connectivity index (χ4v) is 2.51. The molecule has 1 aromatic heterocycles. The number of piperidine rings is 1. The third kappa shape index (κ3) is 4.75. The summed E-state index contributed by atoms with van der Waals surface area (Å²) in [4.78, 5) is 6.82. The number of nitrogens with two attached hydrogens (primary N) is 1. The van der Waals surface area contributed by atoms with Gasteiger partial charge in [-0.3, -0.25) is 4.90 Å². The van der Waals surface area contributed by atoms with Gasteiger partial charge in [0.1, 0.15) is 0 Å². The molecule has 1 aliphatic rings. The highest BCUT2D eigenvalue weighted by Gasteiger charge is 2.23. The van der Waals surface area contributed by atoms with E-state index in [0.717, 1.165) is 31.2 Å². The first-order chi connectivity index (χ1) is 8.69. The molecule has 1 atom stereocenters. The van der Waals surface area contributed by atoms with E-state index in [1.807, 2.05) is 0 Å². The molecule has 0 bridgehead atoms. The SMILES string of the molecule is CC(C)Cc1noc(CN2CCCCC2CN)n1.Cl. The van der Waals surface area contributed by atoms with Gasteiger partial charge in [0.05, 0.1) is 6.54 Å². The number of aromatic nitrogens is 2. The number of nitrogens with zero attached hydrogens (tertiary/aromatic N) is 3. The summed E-state index contributed by atoms with van der Waals surface area (Å²) >= 11 is 0. The van der Waals surface area contributed by atoms with Crippen molar-refractivity contribution in [1.29, 1.82) is 0 Å². The molecule has 0 saturated carbocycles. The summed E-state index contributed by atoms with van der Waals surface area (Å²) in [5.74, 6) is 2.11. The molecule has 1 saturated heterocycles. The van der Waals surface area contributed by atoms with Crippen LogP contribution in [0.4, 0.5) is 0 Å². The molecule has 0 aliphatic carbocycles. The van der Waals surface area contributed by atoms with Crippen LogP contribution in [0.5, 0.6) is 0 Å². The normalized spacial score (nSPS) is 20.5. The van der Waals surface area contributed by atoms with Crippen LogP contribution in [0.1, 0.15) is 44.8 Å². The van der Waals surface area contributed by atoms with Crippen molar-refractivity contribution < 1.29 is 4.52 Å². The first kappa shape index (κ1) is 16.4. The van der Waals surface area contributed by atoms with Crippen LogP contribution in [0.2, 0.25) is 0 Å². The zero-order valence-electron chi connectivity index (χ0n) is 11.8. The smallest absolute Gasteiger partial charge is 0.240 e. The average Bonchev–Trinajstić information content (AvgIpc) is 2.76. The third-order valence-electron chi connectivity index (χ3n) is 3.46. The van der Waals surface area contributed by atoms with E-state index in [4.69, 9.17) is 10.3 Å². The van der Waals surface area contributed by atoms with E-state index in [-0.39, 0.29) is 12.4 Å². The van der Waals surface area contributed by atoms with E-state index >= 15 is 0 Å². The standard InChI is InChI=1S/C13H24N4O.ClH/c1-10(2)7-12-15-13(18-16-12)9-17-6-4-3-5-11(17)8-14;/h10-11H,3-9,14H2,1-2H3;1H. The second kappa shape index (κ2) is 7.82. The predicted octanol–water partition coefficient (Wildman–Crippen LogP) is 2.00. The van der Waals surface area contributed by atoms with Gasteiger partial charge in [0.2, 0.25) is 5.89 Å². The van der Waals surface area contributed by atoms with Gasteiger partial charge in [0.25, 0.3) is 0 Å². The van der Waals surface area contributed by atoms with Gasteiger partial charge in [-0.15, -0.1) is 12.4 Å². The van der Waals surface area contributed by atoms with Gasteiger partial charge in [-0.2, -0.15) is 4.98 Å². The van der Waals surface area contributed by atoms with Crippen molar-refractivity contribution in [3.05, 3.63) is 11.7 Å². The molecule has 1 aromatic rings. The fourth-order valence-electron chi connectivity index (χ4n) is 2.51. The molecular formula is C13H25ClN4O. The van der Waals surface area contributed by atoms with Crippen LogP contribution >= 0.6 is 12.4 Å². The number of rotatable bonds is 5. The molecule has 0 aromatic carbocycles. The number of halogens is 1. The first-order valence-corrected chi connectivity index (χ1v) is 6.94. The predicted molar refractivity (Wildman–Crippen MR) is 77.2 cm³/mol.